The van der Waals surface area contributed by atoms with Gasteiger partial charge in [-0.05, 0) is 63.2 Å². The van der Waals surface area contributed by atoms with Gasteiger partial charge in [0.1, 0.15) is 0 Å². The first kappa shape index (κ1) is 18.9. The predicted octanol–water partition coefficient (Wildman–Crippen LogP) is 1.54. The highest BCUT2D eigenvalue weighted by Gasteiger charge is 2.30. The molecule has 1 saturated heterocycles. The van der Waals surface area contributed by atoms with E-state index in [1.165, 1.54) is 16.4 Å². The largest absolute Gasteiger partial charge is 0.355 e. The summed E-state index contributed by atoms with van der Waals surface area (Å²) in [5, 5.41) is 2.52. The van der Waals surface area contributed by atoms with Crippen LogP contribution in [0.15, 0.2) is 29.2 Å². The molecule has 0 unspecified atom stereocenters. The molecule has 0 radical (unpaired) electrons. The standard InChI is InChI=1S/C17H27N3O3S/c1-4-11-20-12-9-15(10-13-20)19(3)24(22,23)16-7-5-14(6-8-16)17(21)18-2/h5-8,15H,4,9-13H2,1-3H3,(H,18,21). The number of nitrogens with one attached hydrogen (secondary N) is 1. The number of carbonyl (C=O) groups excluding carboxylic acids is 1. The van der Waals surface area contributed by atoms with Crippen LogP contribution in [0.3, 0.4) is 0 Å². The lowest BCUT2D eigenvalue weighted by molar-refractivity contribution is 0.0963. The summed E-state index contributed by atoms with van der Waals surface area (Å²) in [6.45, 7) is 5.11. The first-order valence-electron chi connectivity index (χ1n) is 8.42. The molecule has 7 heteroatoms. The van der Waals surface area contributed by atoms with Gasteiger partial charge in [0.25, 0.3) is 5.91 Å². The molecule has 1 aromatic rings. The van der Waals surface area contributed by atoms with Crippen molar-refractivity contribution in [3.8, 4) is 0 Å². The van der Waals surface area contributed by atoms with Crippen LogP contribution >= 0.6 is 0 Å². The molecule has 2 rings (SSSR count). The van der Waals surface area contributed by atoms with Gasteiger partial charge in [-0.3, -0.25) is 4.79 Å². The van der Waals surface area contributed by atoms with Crippen LogP contribution in [0.5, 0.6) is 0 Å². The molecular formula is C17H27N3O3S. The Bertz CT molecular complexity index is 650. The Morgan fingerprint density at radius 2 is 1.83 bits per heavy atom. The van der Waals surface area contributed by atoms with Crippen molar-refractivity contribution in [2.45, 2.75) is 37.1 Å². The average Bonchev–Trinajstić information content (AvgIpc) is 2.61. The van der Waals surface area contributed by atoms with E-state index in [1.807, 2.05) is 0 Å². The summed E-state index contributed by atoms with van der Waals surface area (Å²) in [5.74, 6) is -0.226. The summed E-state index contributed by atoms with van der Waals surface area (Å²) < 4.78 is 27.1. The number of hydrogen-bond donors (Lipinski definition) is 1. The maximum absolute atomic E-state index is 12.8. The third-order valence-corrected chi connectivity index (χ3v) is 6.56. The molecule has 1 N–H and O–H groups in total. The molecule has 1 fully saturated rings. The number of carbonyl (C=O) groups is 1. The fourth-order valence-electron chi connectivity index (χ4n) is 3.11. The van der Waals surface area contributed by atoms with Gasteiger partial charge in [0.2, 0.25) is 10.0 Å². The van der Waals surface area contributed by atoms with Gasteiger partial charge in [-0.25, -0.2) is 8.42 Å². The van der Waals surface area contributed by atoms with Gasteiger partial charge in [-0.2, -0.15) is 4.31 Å². The lowest BCUT2D eigenvalue weighted by Crippen LogP contribution is -2.45. The zero-order valence-corrected chi connectivity index (χ0v) is 15.5. The first-order chi connectivity index (χ1) is 11.4. The molecule has 1 amide bonds. The summed E-state index contributed by atoms with van der Waals surface area (Å²) in [6.07, 6.45) is 2.83. The van der Waals surface area contributed by atoms with Gasteiger partial charge in [-0.15, -0.1) is 0 Å². The Labute approximate surface area is 144 Å². The SMILES string of the molecule is CCCN1CCC(N(C)S(=O)(=O)c2ccc(C(=O)NC)cc2)CC1. The normalized spacial score (nSPS) is 17.2. The van der Waals surface area contributed by atoms with Crippen molar-refractivity contribution in [2.24, 2.45) is 0 Å². The Kier molecular flexibility index (Phi) is 6.37. The summed E-state index contributed by atoms with van der Waals surface area (Å²) in [5.41, 5.74) is 0.451. The molecule has 1 heterocycles. The maximum Gasteiger partial charge on any atom is 0.251 e. The van der Waals surface area contributed by atoms with Crippen molar-refractivity contribution >= 4 is 15.9 Å². The van der Waals surface area contributed by atoms with Crippen molar-refractivity contribution in [1.82, 2.24) is 14.5 Å². The molecule has 0 bridgehead atoms. The van der Waals surface area contributed by atoms with E-state index < -0.39 is 10.0 Å². The second kappa shape index (κ2) is 8.09. The number of amides is 1. The van der Waals surface area contributed by atoms with Gasteiger partial charge >= 0.3 is 0 Å². The number of nitrogens with zero attached hydrogens (tertiary/aromatic N) is 2. The number of sulfonamides is 1. The topological polar surface area (TPSA) is 69.7 Å². The van der Waals surface area contributed by atoms with Crippen LogP contribution in [0.25, 0.3) is 0 Å². The van der Waals surface area contributed by atoms with Gasteiger partial charge in [0, 0.05) is 25.7 Å². The van der Waals surface area contributed by atoms with Gasteiger partial charge in [0.05, 0.1) is 4.90 Å². The van der Waals surface area contributed by atoms with Crippen LogP contribution in [0.1, 0.15) is 36.5 Å². The number of rotatable bonds is 6. The van der Waals surface area contributed by atoms with Gasteiger partial charge in [-0.1, -0.05) is 6.92 Å². The maximum atomic E-state index is 12.8. The first-order valence-corrected chi connectivity index (χ1v) is 9.86. The zero-order valence-electron chi connectivity index (χ0n) is 14.7. The van der Waals surface area contributed by atoms with E-state index in [4.69, 9.17) is 0 Å². The molecule has 0 aliphatic carbocycles. The molecule has 0 aromatic heterocycles. The van der Waals surface area contributed by atoms with E-state index >= 15 is 0 Å². The summed E-state index contributed by atoms with van der Waals surface area (Å²) in [7, 11) is -0.332. The zero-order chi connectivity index (χ0) is 17.7. The van der Waals surface area contributed by atoms with E-state index in [9.17, 15) is 13.2 Å². The molecule has 1 aromatic carbocycles. The smallest absolute Gasteiger partial charge is 0.251 e. The van der Waals surface area contributed by atoms with Gasteiger partial charge < -0.3 is 10.2 Å². The third-order valence-electron chi connectivity index (χ3n) is 4.63. The molecule has 6 nitrogen and oxygen atoms in total. The molecule has 0 saturated carbocycles. The van der Waals surface area contributed by atoms with Crippen LogP contribution in [-0.2, 0) is 10.0 Å². The minimum Gasteiger partial charge on any atom is -0.355 e. The number of piperidine rings is 1. The Hall–Kier alpha value is -1.44. The van der Waals surface area contributed by atoms with E-state index in [-0.39, 0.29) is 16.8 Å². The minimum atomic E-state index is -3.53. The van der Waals surface area contributed by atoms with Crippen LogP contribution in [0, 0.1) is 0 Å². The Morgan fingerprint density at radius 1 is 1.25 bits per heavy atom. The number of likely N-dealkylation sites (tertiary alicyclic amines) is 1. The monoisotopic (exact) mass is 353 g/mol. The van der Waals surface area contributed by atoms with Crippen molar-refractivity contribution in [3.63, 3.8) is 0 Å². The lowest BCUT2D eigenvalue weighted by atomic mass is 10.1. The van der Waals surface area contributed by atoms with Crippen molar-refractivity contribution in [3.05, 3.63) is 29.8 Å². The quantitative estimate of drug-likeness (QED) is 0.842. The van der Waals surface area contributed by atoms with Crippen LogP contribution in [0.4, 0.5) is 0 Å². The highest BCUT2D eigenvalue weighted by Crippen LogP contribution is 2.23. The Morgan fingerprint density at radius 3 is 2.33 bits per heavy atom. The van der Waals surface area contributed by atoms with Crippen LogP contribution in [-0.4, -0.2) is 63.3 Å². The fourth-order valence-corrected chi connectivity index (χ4v) is 4.52. The molecule has 1 aliphatic rings. The highest BCUT2D eigenvalue weighted by atomic mass is 32.2. The average molecular weight is 353 g/mol. The Balaban J connectivity index is 2.08. The van der Waals surface area contributed by atoms with E-state index in [0.717, 1.165) is 38.9 Å². The number of benzene rings is 1. The summed E-state index contributed by atoms with van der Waals surface area (Å²) in [6, 6.07) is 6.12. The molecule has 134 valence electrons. The van der Waals surface area contributed by atoms with Crippen molar-refractivity contribution in [2.75, 3.05) is 33.7 Å². The fraction of sp³-hybridized carbons (Fsp3) is 0.588. The van der Waals surface area contributed by atoms with Crippen LogP contribution < -0.4 is 5.32 Å². The number of hydrogen-bond acceptors (Lipinski definition) is 4. The third kappa shape index (κ3) is 4.15. The van der Waals surface area contributed by atoms with E-state index in [0.29, 0.717) is 5.56 Å². The molecular weight excluding hydrogens is 326 g/mol. The van der Waals surface area contributed by atoms with Crippen LogP contribution in [0.2, 0.25) is 0 Å². The predicted molar refractivity (Wildman–Crippen MR) is 94.5 cm³/mol. The van der Waals surface area contributed by atoms with Gasteiger partial charge in [0.15, 0.2) is 0 Å². The molecule has 1 aliphatic heterocycles. The summed E-state index contributed by atoms with van der Waals surface area (Å²) >= 11 is 0. The van der Waals surface area contributed by atoms with Crippen molar-refractivity contribution in [1.29, 1.82) is 0 Å². The van der Waals surface area contributed by atoms with E-state index in [1.54, 1.807) is 26.2 Å². The minimum absolute atomic E-state index is 0.0294. The second-order valence-electron chi connectivity index (χ2n) is 6.20. The molecule has 0 atom stereocenters. The second-order valence-corrected chi connectivity index (χ2v) is 8.20. The summed E-state index contributed by atoms with van der Waals surface area (Å²) in [4.78, 5) is 14.2. The van der Waals surface area contributed by atoms with E-state index in [2.05, 4.69) is 17.1 Å². The molecule has 24 heavy (non-hydrogen) atoms. The highest BCUT2D eigenvalue weighted by molar-refractivity contribution is 7.89. The lowest BCUT2D eigenvalue weighted by Gasteiger charge is -2.36. The molecule has 0 spiro atoms. The van der Waals surface area contributed by atoms with Crippen molar-refractivity contribution < 1.29 is 13.2 Å².